The average molecular weight is 967 g/mol. The van der Waals surface area contributed by atoms with Crippen molar-refractivity contribution in [1.29, 1.82) is 0 Å². The fraction of sp³-hybridized carbons (Fsp3) is 0.345. The van der Waals surface area contributed by atoms with Gasteiger partial charge in [-0.1, -0.05) is 182 Å². The molecule has 2 saturated heterocycles. The first kappa shape index (κ1) is 51.3. The van der Waals surface area contributed by atoms with Crippen molar-refractivity contribution in [2.45, 2.75) is 108 Å². The number of esters is 2. The molecule has 2 aliphatic heterocycles. The minimum absolute atomic E-state index is 0.122. The second-order valence-electron chi connectivity index (χ2n) is 17.5. The highest BCUT2D eigenvalue weighted by Crippen LogP contribution is 2.42. The molecule has 0 amide bonds. The molecular weight excluding hydrogens is 905 g/mol. The molecular formula is C58H62O13. The molecule has 2 fully saturated rings. The Morgan fingerprint density at radius 1 is 0.423 bits per heavy atom. The van der Waals surface area contributed by atoms with E-state index in [2.05, 4.69) is 0 Å². The van der Waals surface area contributed by atoms with Crippen LogP contribution in [0.4, 0.5) is 0 Å². The zero-order chi connectivity index (χ0) is 49.1. The fourth-order valence-electron chi connectivity index (χ4n) is 8.61. The van der Waals surface area contributed by atoms with Gasteiger partial charge in [-0.2, -0.15) is 0 Å². The molecule has 2 heterocycles. The smallest absolute Gasteiger partial charge is 0.302 e. The van der Waals surface area contributed by atoms with E-state index in [9.17, 15) is 9.59 Å². The van der Waals surface area contributed by atoms with E-state index in [-0.39, 0.29) is 59.5 Å². The normalized spacial score (nSPS) is 24.0. The summed E-state index contributed by atoms with van der Waals surface area (Å²) in [4.78, 5) is 25.1. The Bertz CT molecular complexity index is 2470. The van der Waals surface area contributed by atoms with E-state index in [0.29, 0.717) is 0 Å². The highest BCUT2D eigenvalue weighted by atomic mass is 16.8. The van der Waals surface area contributed by atoms with Crippen LogP contribution in [0.2, 0.25) is 0 Å². The Balaban J connectivity index is 1.23. The van der Waals surface area contributed by atoms with E-state index in [1.165, 1.54) is 13.8 Å². The maximum Gasteiger partial charge on any atom is 0.302 e. The lowest BCUT2D eigenvalue weighted by Gasteiger charge is -2.48. The van der Waals surface area contributed by atoms with Gasteiger partial charge in [0.15, 0.2) is 6.29 Å². The molecule has 0 aliphatic carbocycles. The van der Waals surface area contributed by atoms with Gasteiger partial charge in [0.1, 0.15) is 62.5 Å². The number of ether oxygens (including phenoxy) is 11. The van der Waals surface area contributed by atoms with Gasteiger partial charge in [0, 0.05) is 13.8 Å². The number of hydrogen-bond acceptors (Lipinski definition) is 13. The average Bonchev–Trinajstić information content (AvgIpc) is 3.69. The molecule has 71 heavy (non-hydrogen) atoms. The molecule has 0 aromatic heterocycles. The molecule has 6 aromatic carbocycles. The highest BCUT2D eigenvalue weighted by Gasteiger charge is 2.62. The summed E-state index contributed by atoms with van der Waals surface area (Å²) in [6.07, 6.45) is -7.97. The van der Waals surface area contributed by atoms with Gasteiger partial charge in [0.25, 0.3) is 0 Å². The summed E-state index contributed by atoms with van der Waals surface area (Å²) in [5.74, 6) is -2.86. The van der Waals surface area contributed by atoms with Crippen molar-refractivity contribution in [2.24, 2.45) is 0 Å². The van der Waals surface area contributed by atoms with Gasteiger partial charge in [0.05, 0.1) is 39.6 Å². The lowest BCUT2D eigenvalue weighted by atomic mass is 9.97. The van der Waals surface area contributed by atoms with Crippen LogP contribution in [0, 0.1) is 0 Å². The summed E-state index contributed by atoms with van der Waals surface area (Å²) in [7, 11) is 0. The SMILES string of the molecule is CC(=O)OC[C@H]1O[C@@](COCc2ccccc2)(O[C@H]2O[C@H](COC(C)=O)[C@@H](OCc3ccccc3)[C@H](OCc3ccccc3)[C@H]2OCc2ccccc2)[C@@H](OCc2ccccc2)[C@@H]1OCc1ccccc1. The molecule has 0 spiro atoms. The molecule has 372 valence electrons. The maximum atomic E-state index is 12.6. The summed E-state index contributed by atoms with van der Waals surface area (Å²) < 4.78 is 74.1. The summed E-state index contributed by atoms with van der Waals surface area (Å²) >= 11 is 0. The van der Waals surface area contributed by atoms with Gasteiger partial charge in [0.2, 0.25) is 5.79 Å². The predicted molar refractivity (Wildman–Crippen MR) is 262 cm³/mol. The standard InChI is InChI=1S/C58H62O13/c1-42(59)62-39-50-52(64-34-45-23-11-4-12-24-45)54(66-36-47-27-15-6-16-28-47)55(67-37-48-29-17-7-18-30-48)57(69-50)71-58(41-61-33-44-21-9-3-10-22-44)56(68-38-49-31-19-8-20-32-49)53(51(70-58)40-63-43(2)60)65-35-46-25-13-5-14-26-46/h3-32,50-57H,33-41H2,1-2H3/t50-,51-,52-,53-,54+,55-,56+,57-,58+/m1/s1. The molecule has 13 heteroatoms. The van der Waals surface area contributed by atoms with Crippen molar-refractivity contribution in [2.75, 3.05) is 19.8 Å². The van der Waals surface area contributed by atoms with Crippen molar-refractivity contribution in [1.82, 2.24) is 0 Å². The number of rotatable bonds is 25. The van der Waals surface area contributed by atoms with Gasteiger partial charge >= 0.3 is 11.9 Å². The molecule has 0 bridgehead atoms. The van der Waals surface area contributed by atoms with Crippen LogP contribution >= 0.6 is 0 Å². The van der Waals surface area contributed by atoms with Gasteiger partial charge in [-0.15, -0.1) is 0 Å². The van der Waals surface area contributed by atoms with Crippen molar-refractivity contribution in [3.05, 3.63) is 215 Å². The molecule has 8 rings (SSSR count). The Hall–Kier alpha value is -6.10. The molecule has 0 unspecified atom stereocenters. The topological polar surface area (TPSA) is 136 Å². The van der Waals surface area contributed by atoms with Crippen LogP contribution in [0.1, 0.15) is 47.2 Å². The zero-order valence-electron chi connectivity index (χ0n) is 40.1. The van der Waals surface area contributed by atoms with Gasteiger partial charge in [-0.3, -0.25) is 9.59 Å². The highest BCUT2D eigenvalue weighted by molar-refractivity contribution is 5.66. The summed E-state index contributed by atoms with van der Waals surface area (Å²) in [6, 6.07) is 58.4. The quantitative estimate of drug-likeness (QED) is 0.0506. The Morgan fingerprint density at radius 3 is 1.20 bits per heavy atom. The van der Waals surface area contributed by atoms with Crippen LogP contribution in [-0.4, -0.2) is 86.6 Å². The van der Waals surface area contributed by atoms with E-state index in [1.54, 1.807) is 0 Å². The van der Waals surface area contributed by atoms with Gasteiger partial charge in [-0.05, 0) is 33.4 Å². The fourth-order valence-corrected chi connectivity index (χ4v) is 8.61. The van der Waals surface area contributed by atoms with Crippen LogP contribution in [0.5, 0.6) is 0 Å². The van der Waals surface area contributed by atoms with Gasteiger partial charge in [-0.25, -0.2) is 0 Å². The third kappa shape index (κ3) is 15.0. The summed E-state index contributed by atoms with van der Waals surface area (Å²) in [6.45, 7) is 2.99. The maximum absolute atomic E-state index is 12.6. The Kier molecular flexibility index (Phi) is 19.0. The molecule has 6 aromatic rings. The number of carbonyl (C=O) groups is 2. The van der Waals surface area contributed by atoms with Crippen LogP contribution in [0.15, 0.2) is 182 Å². The largest absolute Gasteiger partial charge is 0.463 e. The van der Waals surface area contributed by atoms with E-state index < -0.39 is 66.7 Å². The Morgan fingerprint density at radius 2 is 0.775 bits per heavy atom. The predicted octanol–water partition coefficient (Wildman–Crippen LogP) is 9.09. The Labute approximate surface area is 415 Å². The second-order valence-corrected chi connectivity index (χ2v) is 17.5. The van der Waals surface area contributed by atoms with Crippen molar-refractivity contribution in [3.63, 3.8) is 0 Å². The van der Waals surface area contributed by atoms with Crippen LogP contribution in [0.25, 0.3) is 0 Å². The van der Waals surface area contributed by atoms with Crippen molar-refractivity contribution in [3.8, 4) is 0 Å². The first-order valence-corrected chi connectivity index (χ1v) is 24.0. The zero-order valence-corrected chi connectivity index (χ0v) is 40.1. The first-order chi connectivity index (χ1) is 34.8. The van der Waals surface area contributed by atoms with Crippen LogP contribution in [-0.2, 0) is 101 Å². The van der Waals surface area contributed by atoms with E-state index >= 15 is 0 Å². The van der Waals surface area contributed by atoms with Gasteiger partial charge < -0.3 is 52.1 Å². The number of hydrogen-bond donors (Lipinski definition) is 0. The molecule has 0 N–H and O–H groups in total. The van der Waals surface area contributed by atoms with E-state index in [4.69, 9.17) is 52.1 Å². The molecule has 13 nitrogen and oxygen atoms in total. The number of carbonyl (C=O) groups excluding carboxylic acids is 2. The number of benzene rings is 6. The molecule has 0 radical (unpaired) electrons. The van der Waals surface area contributed by atoms with Crippen LogP contribution in [0.3, 0.4) is 0 Å². The minimum Gasteiger partial charge on any atom is -0.463 e. The molecule has 2 aliphatic rings. The van der Waals surface area contributed by atoms with E-state index in [1.807, 2.05) is 182 Å². The van der Waals surface area contributed by atoms with E-state index in [0.717, 1.165) is 33.4 Å². The monoisotopic (exact) mass is 966 g/mol. The summed E-state index contributed by atoms with van der Waals surface area (Å²) in [5.41, 5.74) is 5.38. The third-order valence-electron chi connectivity index (χ3n) is 12.1. The minimum atomic E-state index is -1.84. The molecule has 0 saturated carbocycles. The lowest BCUT2D eigenvalue weighted by molar-refractivity contribution is -0.398. The molecule has 9 atom stereocenters. The third-order valence-corrected chi connectivity index (χ3v) is 12.1. The van der Waals surface area contributed by atoms with Crippen molar-refractivity contribution >= 4 is 11.9 Å². The lowest BCUT2D eigenvalue weighted by Crippen LogP contribution is -2.65. The van der Waals surface area contributed by atoms with Crippen LogP contribution < -0.4 is 0 Å². The van der Waals surface area contributed by atoms with Crippen molar-refractivity contribution < 1.29 is 61.7 Å². The summed E-state index contributed by atoms with van der Waals surface area (Å²) in [5, 5.41) is 0. The second kappa shape index (κ2) is 26.4. The first-order valence-electron chi connectivity index (χ1n) is 24.0.